The van der Waals surface area contributed by atoms with Crippen LogP contribution in [0.15, 0.2) is 58.3 Å². The third-order valence-corrected chi connectivity index (χ3v) is 8.37. The Bertz CT molecular complexity index is 928. The molecule has 1 aliphatic heterocycles. The fourth-order valence-corrected chi connectivity index (χ4v) is 6.12. The fraction of sp³-hybridized carbons (Fsp3) is 0.478. The number of piperazine rings is 1. The van der Waals surface area contributed by atoms with Gasteiger partial charge in [0.25, 0.3) is 0 Å². The highest BCUT2D eigenvalue weighted by Crippen LogP contribution is 2.23. The van der Waals surface area contributed by atoms with Crippen molar-refractivity contribution >= 4 is 26.9 Å². The van der Waals surface area contributed by atoms with Gasteiger partial charge in [0, 0.05) is 31.9 Å². The molecule has 2 aromatic carbocycles. The van der Waals surface area contributed by atoms with Gasteiger partial charge in [0.2, 0.25) is 10.0 Å². The summed E-state index contributed by atoms with van der Waals surface area (Å²) in [6, 6.07) is 15.8. The number of para-hydroxylation sites is 1. The molecule has 0 amide bonds. The van der Waals surface area contributed by atoms with E-state index in [0.717, 1.165) is 64.0 Å². The molecule has 1 heterocycles. The molecular formula is C23H33N3O3S2. The van der Waals surface area contributed by atoms with E-state index in [-0.39, 0.29) is 4.90 Å². The van der Waals surface area contributed by atoms with Crippen LogP contribution in [0, 0.1) is 0 Å². The molecule has 1 aliphatic rings. The molecule has 6 nitrogen and oxygen atoms in total. The highest BCUT2D eigenvalue weighted by molar-refractivity contribution is 7.93. The van der Waals surface area contributed by atoms with Crippen LogP contribution in [0.5, 0.6) is 0 Å². The molecule has 1 saturated heterocycles. The van der Waals surface area contributed by atoms with Gasteiger partial charge in [-0.1, -0.05) is 30.7 Å². The largest absolute Gasteiger partial charge is 0.612 e. The number of nitrogens with one attached hydrogen (secondary N) is 1. The van der Waals surface area contributed by atoms with Crippen molar-refractivity contribution in [3.8, 4) is 0 Å². The normalized spacial score (nSPS) is 16.4. The summed E-state index contributed by atoms with van der Waals surface area (Å²) in [7, 11) is -2.25. The lowest BCUT2D eigenvalue weighted by Crippen LogP contribution is -2.46. The van der Waals surface area contributed by atoms with E-state index in [2.05, 4.69) is 44.9 Å². The molecule has 0 aromatic heterocycles. The van der Waals surface area contributed by atoms with E-state index in [1.807, 2.05) is 6.07 Å². The Labute approximate surface area is 189 Å². The molecule has 0 bridgehead atoms. The van der Waals surface area contributed by atoms with E-state index >= 15 is 0 Å². The van der Waals surface area contributed by atoms with Gasteiger partial charge in [-0.15, -0.1) is 0 Å². The molecule has 1 fully saturated rings. The standard InChI is InChI=1S/C23H33N3O3S2/c1-24-31(28,29)23-19-20(12-13-22(23)30(2)27)9-5-4-8-14-25-15-17-26(18-16-25)21-10-6-3-7-11-21/h3,6-7,10-13,19,24H,4-5,8-9,14-18H2,1-2H3. The zero-order chi connectivity index (χ0) is 22.3. The minimum absolute atomic E-state index is 0.129. The third-order valence-electron chi connectivity index (χ3n) is 5.81. The molecule has 0 spiro atoms. The summed E-state index contributed by atoms with van der Waals surface area (Å²) in [5, 5.41) is 0. The Balaban J connectivity index is 1.42. The van der Waals surface area contributed by atoms with Crippen LogP contribution < -0.4 is 9.62 Å². The molecule has 1 atom stereocenters. The maximum absolute atomic E-state index is 12.3. The van der Waals surface area contributed by atoms with Gasteiger partial charge in [0.05, 0.1) is 0 Å². The van der Waals surface area contributed by atoms with Crippen molar-refractivity contribution < 1.29 is 13.0 Å². The molecule has 0 radical (unpaired) electrons. The second-order valence-corrected chi connectivity index (χ2v) is 11.1. The lowest BCUT2D eigenvalue weighted by Gasteiger charge is -2.36. The second-order valence-electron chi connectivity index (χ2n) is 7.92. The van der Waals surface area contributed by atoms with Crippen molar-refractivity contribution in [1.29, 1.82) is 0 Å². The van der Waals surface area contributed by atoms with Crippen LogP contribution in [-0.4, -0.2) is 63.9 Å². The highest BCUT2D eigenvalue weighted by Gasteiger charge is 2.23. The predicted molar refractivity (Wildman–Crippen MR) is 128 cm³/mol. The molecule has 2 aromatic rings. The summed E-state index contributed by atoms with van der Waals surface area (Å²) < 4.78 is 38.8. The summed E-state index contributed by atoms with van der Waals surface area (Å²) in [6.45, 7) is 5.43. The quantitative estimate of drug-likeness (QED) is 0.433. The molecule has 0 saturated carbocycles. The number of aryl methyl sites for hydroxylation is 1. The molecular weight excluding hydrogens is 430 g/mol. The maximum Gasteiger partial charge on any atom is 0.245 e. The first kappa shape index (κ1) is 24.1. The predicted octanol–water partition coefficient (Wildman–Crippen LogP) is 2.87. The first-order chi connectivity index (χ1) is 14.9. The van der Waals surface area contributed by atoms with E-state index in [0.29, 0.717) is 4.90 Å². The number of sulfonamides is 1. The number of benzene rings is 2. The Morgan fingerprint density at radius 1 is 1.00 bits per heavy atom. The van der Waals surface area contributed by atoms with Gasteiger partial charge in [-0.3, -0.25) is 4.90 Å². The minimum Gasteiger partial charge on any atom is -0.612 e. The molecule has 3 rings (SSSR count). The van der Waals surface area contributed by atoms with Crippen molar-refractivity contribution in [3.05, 3.63) is 54.1 Å². The van der Waals surface area contributed by atoms with Crippen LogP contribution in [0.25, 0.3) is 0 Å². The van der Waals surface area contributed by atoms with E-state index in [4.69, 9.17) is 0 Å². The van der Waals surface area contributed by atoms with Crippen LogP contribution in [0.2, 0.25) is 0 Å². The van der Waals surface area contributed by atoms with Gasteiger partial charge >= 0.3 is 0 Å². The van der Waals surface area contributed by atoms with Crippen LogP contribution in [0.4, 0.5) is 5.69 Å². The van der Waals surface area contributed by atoms with Gasteiger partial charge in [0.15, 0.2) is 4.90 Å². The van der Waals surface area contributed by atoms with Gasteiger partial charge in [-0.2, -0.15) is 0 Å². The maximum atomic E-state index is 12.3. The smallest absolute Gasteiger partial charge is 0.245 e. The summed E-state index contributed by atoms with van der Waals surface area (Å²) in [6.07, 6.45) is 5.59. The van der Waals surface area contributed by atoms with Crippen molar-refractivity contribution in [2.24, 2.45) is 0 Å². The van der Waals surface area contributed by atoms with E-state index in [1.165, 1.54) is 19.0 Å². The average Bonchev–Trinajstić information content (AvgIpc) is 2.79. The van der Waals surface area contributed by atoms with Crippen LogP contribution in [0.3, 0.4) is 0 Å². The zero-order valence-electron chi connectivity index (χ0n) is 18.4. The Morgan fingerprint density at radius 3 is 2.35 bits per heavy atom. The van der Waals surface area contributed by atoms with Gasteiger partial charge in [-0.25, -0.2) is 13.1 Å². The van der Waals surface area contributed by atoms with Crippen LogP contribution >= 0.6 is 0 Å². The summed E-state index contributed by atoms with van der Waals surface area (Å²) in [5.41, 5.74) is 2.28. The average molecular weight is 464 g/mol. The van der Waals surface area contributed by atoms with E-state index in [9.17, 15) is 13.0 Å². The lowest BCUT2D eigenvalue weighted by molar-refractivity contribution is 0.252. The molecule has 31 heavy (non-hydrogen) atoms. The van der Waals surface area contributed by atoms with Gasteiger partial charge < -0.3 is 9.45 Å². The lowest BCUT2D eigenvalue weighted by atomic mass is 10.1. The fourth-order valence-electron chi connectivity index (χ4n) is 3.98. The Kier molecular flexibility index (Phi) is 8.80. The second kappa shape index (κ2) is 11.3. The number of rotatable bonds is 10. The Morgan fingerprint density at radius 2 is 1.71 bits per heavy atom. The molecule has 8 heteroatoms. The molecule has 170 valence electrons. The van der Waals surface area contributed by atoms with Crippen LogP contribution in [0.1, 0.15) is 24.8 Å². The molecule has 1 N–H and O–H groups in total. The van der Waals surface area contributed by atoms with Crippen molar-refractivity contribution in [3.63, 3.8) is 0 Å². The minimum atomic E-state index is -3.62. The number of hydrogen-bond acceptors (Lipinski definition) is 5. The number of unbranched alkanes of at least 4 members (excludes halogenated alkanes) is 2. The summed E-state index contributed by atoms with van der Waals surface area (Å²) in [4.78, 5) is 5.46. The molecule has 1 unspecified atom stereocenters. The van der Waals surface area contributed by atoms with Gasteiger partial charge in [0.1, 0.15) is 11.2 Å². The topological polar surface area (TPSA) is 75.7 Å². The molecule has 0 aliphatic carbocycles. The summed E-state index contributed by atoms with van der Waals surface area (Å²) >= 11 is -1.35. The third kappa shape index (κ3) is 6.70. The first-order valence-electron chi connectivity index (χ1n) is 10.8. The zero-order valence-corrected chi connectivity index (χ0v) is 20.1. The number of anilines is 1. The van der Waals surface area contributed by atoms with Crippen molar-refractivity contribution in [2.75, 3.05) is 50.9 Å². The van der Waals surface area contributed by atoms with E-state index < -0.39 is 21.2 Å². The monoisotopic (exact) mass is 463 g/mol. The number of hydrogen-bond donors (Lipinski definition) is 1. The van der Waals surface area contributed by atoms with E-state index in [1.54, 1.807) is 12.1 Å². The van der Waals surface area contributed by atoms with Crippen molar-refractivity contribution in [1.82, 2.24) is 9.62 Å². The SMILES string of the molecule is CNS(=O)(=O)c1cc(CCCCCN2CCN(c3ccccc3)CC2)ccc1[S+](C)[O-]. The first-order valence-corrected chi connectivity index (χ1v) is 13.9. The van der Waals surface area contributed by atoms with Gasteiger partial charge in [-0.05, 0) is 73.9 Å². The summed E-state index contributed by atoms with van der Waals surface area (Å²) in [5.74, 6) is 0. The highest BCUT2D eigenvalue weighted by atomic mass is 32.2. The van der Waals surface area contributed by atoms with Crippen LogP contribution in [-0.2, 0) is 27.6 Å². The van der Waals surface area contributed by atoms with Crippen molar-refractivity contribution in [2.45, 2.75) is 35.5 Å². The Hall–Kier alpha value is -1.58. The number of nitrogens with zero attached hydrogens (tertiary/aromatic N) is 2.